The van der Waals surface area contributed by atoms with Crippen molar-refractivity contribution in [1.29, 1.82) is 0 Å². The summed E-state index contributed by atoms with van der Waals surface area (Å²) in [5, 5.41) is 7.36. The van der Waals surface area contributed by atoms with Crippen LogP contribution in [0.3, 0.4) is 0 Å². The van der Waals surface area contributed by atoms with Crippen molar-refractivity contribution in [3.8, 4) is 0 Å². The lowest BCUT2D eigenvalue weighted by atomic mass is 10.2. The van der Waals surface area contributed by atoms with Crippen molar-refractivity contribution < 1.29 is 4.74 Å². The monoisotopic (exact) mass is 340 g/mol. The highest BCUT2D eigenvalue weighted by Crippen LogP contribution is 2.11. The quantitative estimate of drug-likeness (QED) is 0.390. The Labute approximate surface area is 145 Å². The predicted octanol–water partition coefficient (Wildman–Crippen LogP) is 2.36. The molecular formula is C17H29ClN4O. The largest absolute Gasteiger partial charge is 0.385 e. The number of benzene rings is 1. The van der Waals surface area contributed by atoms with Crippen LogP contribution in [0.5, 0.6) is 0 Å². The van der Waals surface area contributed by atoms with E-state index in [1.165, 1.54) is 0 Å². The lowest BCUT2D eigenvalue weighted by molar-refractivity contribution is 0.180. The van der Waals surface area contributed by atoms with Crippen molar-refractivity contribution in [2.75, 3.05) is 46.9 Å². The lowest BCUT2D eigenvalue weighted by Crippen LogP contribution is -2.41. The first kappa shape index (κ1) is 19.7. The molecule has 0 aliphatic heterocycles. The molecule has 0 atom stereocenters. The Morgan fingerprint density at radius 3 is 2.83 bits per heavy atom. The second-order valence-corrected chi connectivity index (χ2v) is 5.84. The second kappa shape index (κ2) is 12.2. The Balaban J connectivity index is 2.37. The van der Waals surface area contributed by atoms with Crippen LogP contribution in [0.25, 0.3) is 0 Å². The van der Waals surface area contributed by atoms with E-state index in [1.54, 1.807) is 7.11 Å². The molecule has 0 saturated carbocycles. The lowest BCUT2D eigenvalue weighted by Gasteiger charge is -2.18. The van der Waals surface area contributed by atoms with Crippen LogP contribution < -0.4 is 10.6 Å². The molecule has 1 aromatic carbocycles. The summed E-state index contributed by atoms with van der Waals surface area (Å²) in [7, 11) is 3.86. The third-order valence-corrected chi connectivity index (χ3v) is 3.56. The molecule has 0 heterocycles. The van der Waals surface area contributed by atoms with Gasteiger partial charge in [0.25, 0.3) is 0 Å². The van der Waals surface area contributed by atoms with E-state index in [0.717, 1.165) is 55.8 Å². The summed E-state index contributed by atoms with van der Waals surface area (Å²) in [6.07, 6.45) is 1.05. The highest BCUT2D eigenvalue weighted by Gasteiger charge is 2.01. The van der Waals surface area contributed by atoms with Crippen LogP contribution >= 0.6 is 11.6 Å². The fraction of sp³-hybridized carbons (Fsp3) is 0.588. The number of nitrogens with one attached hydrogen (secondary N) is 2. The second-order valence-electron chi connectivity index (χ2n) is 5.40. The minimum absolute atomic E-state index is 0.611. The molecule has 2 N–H and O–H groups in total. The van der Waals surface area contributed by atoms with Gasteiger partial charge in [0.15, 0.2) is 5.96 Å². The van der Waals surface area contributed by atoms with Gasteiger partial charge in [0, 0.05) is 44.9 Å². The van der Waals surface area contributed by atoms with Crippen LogP contribution in [-0.4, -0.2) is 57.8 Å². The number of methoxy groups -OCH3 is 1. The van der Waals surface area contributed by atoms with E-state index in [-0.39, 0.29) is 0 Å². The van der Waals surface area contributed by atoms with E-state index in [0.29, 0.717) is 6.54 Å². The fourth-order valence-corrected chi connectivity index (χ4v) is 2.32. The van der Waals surface area contributed by atoms with Gasteiger partial charge in [-0.25, -0.2) is 4.99 Å². The maximum Gasteiger partial charge on any atom is 0.191 e. The van der Waals surface area contributed by atoms with Crippen LogP contribution in [0.15, 0.2) is 29.3 Å². The Kier molecular flexibility index (Phi) is 10.4. The number of likely N-dealkylation sites (N-methyl/N-ethyl adjacent to an activating group) is 1. The third-order valence-electron chi connectivity index (χ3n) is 3.33. The van der Waals surface area contributed by atoms with Gasteiger partial charge in [-0.05, 0) is 38.1 Å². The summed E-state index contributed by atoms with van der Waals surface area (Å²) in [5.41, 5.74) is 1.10. The zero-order valence-corrected chi connectivity index (χ0v) is 15.2. The summed E-state index contributed by atoms with van der Waals surface area (Å²) in [4.78, 5) is 6.88. The van der Waals surface area contributed by atoms with Gasteiger partial charge < -0.3 is 20.3 Å². The van der Waals surface area contributed by atoms with Crippen molar-refractivity contribution in [2.24, 2.45) is 4.99 Å². The standard InChI is InChI=1S/C17H29ClN4O/c1-4-19-17(20-9-11-22(2)10-6-12-23-3)21-14-15-7-5-8-16(18)13-15/h5,7-8,13H,4,6,9-12,14H2,1-3H3,(H2,19,20,21). The molecule has 0 radical (unpaired) electrons. The average molecular weight is 341 g/mol. The van der Waals surface area contributed by atoms with Gasteiger partial charge in [0.1, 0.15) is 0 Å². The first-order valence-electron chi connectivity index (χ1n) is 8.09. The molecule has 0 bridgehead atoms. The normalized spacial score (nSPS) is 11.8. The van der Waals surface area contributed by atoms with Gasteiger partial charge in [0.05, 0.1) is 6.54 Å². The number of nitrogens with zero attached hydrogens (tertiary/aromatic N) is 2. The zero-order valence-electron chi connectivity index (χ0n) is 14.4. The van der Waals surface area contributed by atoms with Crippen LogP contribution in [-0.2, 0) is 11.3 Å². The molecule has 0 unspecified atom stereocenters. The molecule has 0 aromatic heterocycles. The summed E-state index contributed by atoms with van der Waals surface area (Å²) in [5.74, 6) is 0.831. The van der Waals surface area contributed by atoms with E-state index < -0.39 is 0 Å². The number of halogens is 1. The van der Waals surface area contributed by atoms with E-state index in [9.17, 15) is 0 Å². The van der Waals surface area contributed by atoms with E-state index in [4.69, 9.17) is 16.3 Å². The molecule has 1 rings (SSSR count). The van der Waals surface area contributed by atoms with Crippen molar-refractivity contribution in [2.45, 2.75) is 19.9 Å². The van der Waals surface area contributed by atoms with Crippen LogP contribution in [0.2, 0.25) is 5.02 Å². The molecule has 0 saturated heterocycles. The highest BCUT2D eigenvalue weighted by molar-refractivity contribution is 6.30. The minimum Gasteiger partial charge on any atom is -0.385 e. The Morgan fingerprint density at radius 1 is 1.30 bits per heavy atom. The molecule has 0 spiro atoms. The van der Waals surface area contributed by atoms with Crippen LogP contribution in [0.4, 0.5) is 0 Å². The summed E-state index contributed by atoms with van der Waals surface area (Å²) in [6.45, 7) is 7.17. The van der Waals surface area contributed by atoms with Crippen LogP contribution in [0, 0.1) is 0 Å². The first-order chi connectivity index (χ1) is 11.2. The molecule has 130 valence electrons. The predicted molar refractivity (Wildman–Crippen MR) is 98.3 cm³/mol. The first-order valence-corrected chi connectivity index (χ1v) is 8.47. The molecule has 0 aliphatic carbocycles. The minimum atomic E-state index is 0.611. The van der Waals surface area contributed by atoms with Gasteiger partial charge >= 0.3 is 0 Å². The number of rotatable bonds is 10. The van der Waals surface area contributed by atoms with Crippen molar-refractivity contribution in [3.63, 3.8) is 0 Å². The third kappa shape index (κ3) is 9.43. The number of guanidine groups is 1. The smallest absolute Gasteiger partial charge is 0.191 e. The average Bonchev–Trinajstić information content (AvgIpc) is 2.53. The highest BCUT2D eigenvalue weighted by atomic mass is 35.5. The van der Waals surface area contributed by atoms with Gasteiger partial charge in [-0.3, -0.25) is 0 Å². The zero-order chi connectivity index (χ0) is 16.9. The van der Waals surface area contributed by atoms with E-state index in [2.05, 4.69) is 34.5 Å². The van der Waals surface area contributed by atoms with Gasteiger partial charge in [-0.15, -0.1) is 0 Å². The Morgan fingerprint density at radius 2 is 2.13 bits per heavy atom. The molecule has 23 heavy (non-hydrogen) atoms. The molecule has 5 nitrogen and oxygen atoms in total. The number of ether oxygens (including phenoxy) is 1. The van der Waals surface area contributed by atoms with E-state index in [1.807, 2.05) is 24.3 Å². The molecule has 1 aromatic rings. The summed E-state index contributed by atoms with van der Waals surface area (Å²) >= 11 is 6.00. The Hall–Kier alpha value is -1.30. The fourth-order valence-electron chi connectivity index (χ4n) is 2.10. The molecule has 0 aliphatic rings. The summed E-state index contributed by atoms with van der Waals surface area (Å²) in [6, 6.07) is 7.79. The van der Waals surface area contributed by atoms with Crippen molar-refractivity contribution in [1.82, 2.24) is 15.5 Å². The van der Waals surface area contributed by atoms with E-state index >= 15 is 0 Å². The maximum absolute atomic E-state index is 6.00. The number of hydrogen-bond donors (Lipinski definition) is 2. The van der Waals surface area contributed by atoms with Gasteiger partial charge in [-0.1, -0.05) is 23.7 Å². The van der Waals surface area contributed by atoms with Crippen LogP contribution in [0.1, 0.15) is 18.9 Å². The molecule has 6 heteroatoms. The topological polar surface area (TPSA) is 48.9 Å². The maximum atomic E-state index is 6.00. The molecule has 0 fully saturated rings. The number of aliphatic imine (C=N–C) groups is 1. The van der Waals surface area contributed by atoms with Gasteiger partial charge in [-0.2, -0.15) is 0 Å². The molecule has 0 amide bonds. The number of hydrogen-bond acceptors (Lipinski definition) is 3. The van der Waals surface area contributed by atoms with Gasteiger partial charge in [0.2, 0.25) is 0 Å². The summed E-state index contributed by atoms with van der Waals surface area (Å²) < 4.78 is 5.07. The van der Waals surface area contributed by atoms with Crippen molar-refractivity contribution >= 4 is 17.6 Å². The molecular weight excluding hydrogens is 312 g/mol. The van der Waals surface area contributed by atoms with Crippen molar-refractivity contribution in [3.05, 3.63) is 34.9 Å². The SMILES string of the molecule is CCNC(=NCc1cccc(Cl)c1)NCCN(C)CCCOC. The Bertz CT molecular complexity index is 468.